The van der Waals surface area contributed by atoms with Crippen LogP contribution in [-0.4, -0.2) is 13.1 Å². The molecule has 2 N–H and O–H groups in total. The number of methoxy groups -OCH3 is 1. The molecule has 0 saturated heterocycles. The monoisotopic (exact) mass is 614 g/mol. The number of para-hydroxylation sites is 1. The number of ether oxygens (including phenoxy) is 2. The minimum Gasteiger partial charge on any atom is -0.496 e. The first-order valence-corrected chi connectivity index (χ1v) is 16.0. The predicted octanol–water partition coefficient (Wildman–Crippen LogP) is 9.92. The van der Waals surface area contributed by atoms with Gasteiger partial charge >= 0.3 is 6.03 Å². The van der Waals surface area contributed by atoms with Gasteiger partial charge in [0.2, 0.25) is 0 Å². The molecule has 1 aliphatic carbocycles. The highest BCUT2D eigenvalue weighted by atomic mass is 16.5. The minimum absolute atomic E-state index is 0.298. The fourth-order valence-electron chi connectivity index (χ4n) is 7.14. The fourth-order valence-corrected chi connectivity index (χ4v) is 7.14. The molecule has 0 bridgehead atoms. The standard InChI is InChI=1S/C42H34N2O3/c1-27-25-36-35-23-24-42(29-12-5-3-6-13-29,30-18-20-32(21-19-30)44-41(45)43-31-14-7-4-8-15-31)47-40(35)39-33-16-10-9-11-28(33)17-22-34(39)37(36)26-38(27)46-2/h3-16,18-21,23-26H,17,22H2,1-2H3,(H2,43,44,45). The molecule has 2 amide bonds. The number of amides is 2. The number of hydrogen-bond donors (Lipinski definition) is 2. The molecule has 47 heavy (non-hydrogen) atoms. The minimum atomic E-state index is -0.894. The van der Waals surface area contributed by atoms with Gasteiger partial charge in [0.25, 0.3) is 0 Å². The largest absolute Gasteiger partial charge is 0.496 e. The Morgan fingerprint density at radius 1 is 0.745 bits per heavy atom. The summed E-state index contributed by atoms with van der Waals surface area (Å²) in [6.07, 6.45) is 6.30. The lowest BCUT2D eigenvalue weighted by molar-refractivity contribution is 0.162. The molecule has 1 aliphatic heterocycles. The van der Waals surface area contributed by atoms with Gasteiger partial charge in [-0.3, -0.25) is 0 Å². The summed E-state index contributed by atoms with van der Waals surface area (Å²) in [5.41, 5.74) is 9.65. The summed E-state index contributed by atoms with van der Waals surface area (Å²) in [5.74, 6) is 1.78. The third-order valence-electron chi connectivity index (χ3n) is 9.41. The van der Waals surface area contributed by atoms with Gasteiger partial charge in [-0.2, -0.15) is 0 Å². The summed E-state index contributed by atoms with van der Waals surface area (Å²) in [6, 6.07) is 40.5. The second-order valence-electron chi connectivity index (χ2n) is 12.2. The van der Waals surface area contributed by atoms with Crippen molar-refractivity contribution in [2.24, 2.45) is 0 Å². The Bertz CT molecular complexity index is 2170. The van der Waals surface area contributed by atoms with Gasteiger partial charge in [0.15, 0.2) is 5.60 Å². The van der Waals surface area contributed by atoms with Crippen LogP contribution in [-0.2, 0) is 18.4 Å². The fraction of sp³-hybridized carbons (Fsp3) is 0.119. The first-order chi connectivity index (χ1) is 23.0. The Morgan fingerprint density at radius 3 is 2.15 bits per heavy atom. The van der Waals surface area contributed by atoms with Crippen molar-refractivity contribution in [1.29, 1.82) is 0 Å². The van der Waals surface area contributed by atoms with Crippen LogP contribution in [0.15, 0.2) is 127 Å². The van der Waals surface area contributed by atoms with Crippen LogP contribution in [0.1, 0.15) is 33.4 Å². The molecule has 2 aliphatic rings. The third-order valence-corrected chi connectivity index (χ3v) is 9.41. The van der Waals surface area contributed by atoms with Gasteiger partial charge in [-0.25, -0.2) is 4.79 Å². The Balaban J connectivity index is 1.27. The molecule has 6 aromatic rings. The Hall–Kier alpha value is -5.81. The van der Waals surface area contributed by atoms with Crippen LogP contribution in [0.3, 0.4) is 0 Å². The van der Waals surface area contributed by atoms with Crippen LogP contribution in [0.5, 0.6) is 11.5 Å². The van der Waals surface area contributed by atoms with Gasteiger partial charge in [-0.1, -0.05) is 84.9 Å². The van der Waals surface area contributed by atoms with Crippen LogP contribution < -0.4 is 20.1 Å². The number of urea groups is 1. The highest BCUT2D eigenvalue weighted by Gasteiger charge is 2.40. The van der Waals surface area contributed by atoms with Crippen LogP contribution >= 0.6 is 0 Å². The molecule has 6 aromatic carbocycles. The van der Waals surface area contributed by atoms with E-state index in [4.69, 9.17) is 9.47 Å². The maximum Gasteiger partial charge on any atom is 0.323 e. The molecule has 1 heterocycles. The lowest BCUT2D eigenvalue weighted by atomic mass is 9.78. The first kappa shape index (κ1) is 28.6. The zero-order chi connectivity index (χ0) is 32.0. The number of aryl methyl sites for hydroxylation is 3. The second-order valence-corrected chi connectivity index (χ2v) is 12.2. The number of carbonyl (C=O) groups is 1. The van der Waals surface area contributed by atoms with Crippen molar-refractivity contribution < 1.29 is 14.3 Å². The molecular weight excluding hydrogens is 580 g/mol. The number of nitrogens with one attached hydrogen (secondary N) is 2. The Morgan fingerprint density at radius 2 is 1.40 bits per heavy atom. The van der Waals surface area contributed by atoms with E-state index in [0.29, 0.717) is 5.69 Å². The van der Waals surface area contributed by atoms with Crippen LogP contribution in [0.2, 0.25) is 0 Å². The van der Waals surface area contributed by atoms with Gasteiger partial charge in [0, 0.05) is 33.6 Å². The highest BCUT2D eigenvalue weighted by Crippen LogP contribution is 2.53. The molecule has 5 heteroatoms. The average molecular weight is 615 g/mol. The lowest BCUT2D eigenvalue weighted by Gasteiger charge is -2.39. The smallest absolute Gasteiger partial charge is 0.323 e. The van der Waals surface area contributed by atoms with Gasteiger partial charge in [0.05, 0.1) is 7.11 Å². The number of carbonyl (C=O) groups excluding carboxylic acids is 1. The highest BCUT2D eigenvalue weighted by molar-refractivity contribution is 6.04. The van der Waals surface area contributed by atoms with Gasteiger partial charge in [-0.15, -0.1) is 0 Å². The normalized spacial score (nSPS) is 16.0. The zero-order valence-corrected chi connectivity index (χ0v) is 26.3. The van der Waals surface area contributed by atoms with Crippen molar-refractivity contribution in [3.63, 3.8) is 0 Å². The van der Waals surface area contributed by atoms with E-state index in [1.54, 1.807) is 7.11 Å². The van der Waals surface area contributed by atoms with E-state index in [0.717, 1.165) is 57.8 Å². The SMILES string of the molecule is COc1cc2c3c(c4c(c2cc1C)C=CC(c1ccccc1)(c1ccc(NC(=O)Nc2ccccc2)cc1)O4)-c1ccccc1CC3. The van der Waals surface area contributed by atoms with Gasteiger partial charge in [0.1, 0.15) is 11.5 Å². The molecule has 5 nitrogen and oxygen atoms in total. The van der Waals surface area contributed by atoms with Crippen LogP contribution in [0, 0.1) is 6.92 Å². The predicted molar refractivity (Wildman–Crippen MR) is 190 cm³/mol. The maximum atomic E-state index is 12.7. The molecule has 1 atom stereocenters. The van der Waals surface area contributed by atoms with Crippen LogP contribution in [0.25, 0.3) is 28.0 Å². The zero-order valence-electron chi connectivity index (χ0n) is 26.3. The topological polar surface area (TPSA) is 59.6 Å². The Kier molecular flexibility index (Phi) is 7.02. The number of benzene rings is 6. The second kappa shape index (κ2) is 11.5. The van der Waals surface area contributed by atoms with Crippen molar-refractivity contribution >= 4 is 34.3 Å². The van der Waals surface area contributed by atoms with E-state index in [1.807, 2.05) is 60.7 Å². The van der Waals surface area contributed by atoms with Crippen molar-refractivity contribution in [3.05, 3.63) is 161 Å². The van der Waals surface area contributed by atoms with Crippen molar-refractivity contribution in [2.75, 3.05) is 17.7 Å². The molecule has 0 fully saturated rings. The summed E-state index contributed by atoms with van der Waals surface area (Å²) < 4.78 is 13.2. The molecule has 0 aromatic heterocycles. The lowest BCUT2D eigenvalue weighted by Crippen LogP contribution is -2.35. The van der Waals surface area contributed by atoms with Crippen molar-refractivity contribution in [1.82, 2.24) is 0 Å². The molecule has 0 radical (unpaired) electrons. The quantitative estimate of drug-likeness (QED) is 0.203. The van der Waals surface area contributed by atoms with E-state index >= 15 is 0 Å². The maximum absolute atomic E-state index is 12.7. The summed E-state index contributed by atoms with van der Waals surface area (Å²) in [4.78, 5) is 12.7. The molecular formula is C42H34N2O3. The van der Waals surface area contributed by atoms with E-state index in [2.05, 4.69) is 90.4 Å². The third kappa shape index (κ3) is 4.92. The average Bonchev–Trinajstić information content (AvgIpc) is 3.12. The van der Waals surface area contributed by atoms with Crippen molar-refractivity contribution in [3.8, 4) is 22.6 Å². The van der Waals surface area contributed by atoms with Crippen molar-refractivity contribution in [2.45, 2.75) is 25.4 Å². The van der Waals surface area contributed by atoms with E-state index in [1.165, 1.54) is 27.5 Å². The molecule has 230 valence electrons. The summed E-state index contributed by atoms with van der Waals surface area (Å²) >= 11 is 0. The first-order valence-electron chi connectivity index (χ1n) is 16.0. The summed E-state index contributed by atoms with van der Waals surface area (Å²) in [7, 11) is 1.74. The summed E-state index contributed by atoms with van der Waals surface area (Å²) in [5, 5.41) is 8.21. The van der Waals surface area contributed by atoms with Gasteiger partial charge < -0.3 is 20.1 Å². The Labute approximate surface area is 274 Å². The number of fused-ring (bicyclic) bond motifs is 8. The summed E-state index contributed by atoms with van der Waals surface area (Å²) in [6.45, 7) is 2.09. The molecule has 8 rings (SSSR count). The van der Waals surface area contributed by atoms with E-state index in [-0.39, 0.29) is 6.03 Å². The molecule has 0 saturated carbocycles. The number of rotatable bonds is 5. The number of hydrogen-bond acceptors (Lipinski definition) is 3. The van der Waals surface area contributed by atoms with E-state index in [9.17, 15) is 4.79 Å². The van der Waals surface area contributed by atoms with Crippen LogP contribution in [0.4, 0.5) is 16.2 Å². The van der Waals surface area contributed by atoms with E-state index < -0.39 is 5.60 Å². The molecule has 1 unspecified atom stereocenters. The molecule has 0 spiro atoms. The van der Waals surface area contributed by atoms with Gasteiger partial charge in [-0.05, 0) is 101 Å². The number of anilines is 2.